The molecular weight excluding hydrogens is 478 g/mol. The molecule has 9 heteroatoms. The van der Waals surface area contributed by atoms with Crippen LogP contribution in [-0.2, 0) is 16.4 Å². The number of piperidine rings is 2. The summed E-state index contributed by atoms with van der Waals surface area (Å²) in [4.78, 5) is 15.4. The van der Waals surface area contributed by atoms with Gasteiger partial charge in [-0.2, -0.15) is 0 Å². The van der Waals surface area contributed by atoms with Gasteiger partial charge in [0.05, 0.1) is 9.82 Å². The zero-order valence-corrected chi connectivity index (χ0v) is 21.5. The molecule has 2 heterocycles. The Morgan fingerprint density at radius 3 is 2.33 bits per heavy atom. The van der Waals surface area contributed by atoms with Crippen LogP contribution < -0.4 is 4.74 Å². The second-order valence-corrected chi connectivity index (χ2v) is 11.7. The van der Waals surface area contributed by atoms with E-state index in [1.807, 2.05) is 6.07 Å². The van der Waals surface area contributed by atoms with E-state index in [4.69, 9.17) is 11.2 Å². The Morgan fingerprint density at radius 1 is 1.06 bits per heavy atom. The molecule has 0 spiro atoms. The number of rotatable bonds is 8. The van der Waals surface area contributed by atoms with Gasteiger partial charge in [-0.05, 0) is 87.6 Å². The first-order valence-electron chi connectivity index (χ1n) is 12.4. The second kappa shape index (κ2) is 11.4. The number of nitro groups is 1. The smallest absolute Gasteiger partial charge is 0.269 e. The van der Waals surface area contributed by atoms with Crippen molar-refractivity contribution in [1.29, 1.82) is 0 Å². The molecule has 0 atom stereocenters. The van der Waals surface area contributed by atoms with Crippen LogP contribution in [0.3, 0.4) is 0 Å². The van der Waals surface area contributed by atoms with E-state index in [0.717, 1.165) is 37.4 Å². The molecule has 2 aliphatic heterocycles. The molecule has 0 bridgehead atoms. The third-order valence-electron chi connectivity index (χ3n) is 7.26. The highest BCUT2D eigenvalue weighted by Crippen LogP contribution is 2.32. The molecule has 2 aromatic rings. The monoisotopic (exact) mass is 511 g/mol. The average molecular weight is 512 g/mol. The van der Waals surface area contributed by atoms with Crippen molar-refractivity contribution in [2.75, 3.05) is 32.8 Å². The molecule has 2 aromatic carbocycles. The predicted molar refractivity (Wildman–Crippen MR) is 138 cm³/mol. The number of hydrogen-bond donors (Lipinski definition) is 0. The van der Waals surface area contributed by atoms with Crippen LogP contribution in [0, 0.1) is 28.4 Å². The van der Waals surface area contributed by atoms with Gasteiger partial charge in [-0.3, -0.25) is 15.0 Å². The number of terminal acetylenes is 1. The van der Waals surface area contributed by atoms with Gasteiger partial charge in [-0.15, -0.1) is 6.42 Å². The van der Waals surface area contributed by atoms with Crippen molar-refractivity contribution in [2.24, 2.45) is 5.92 Å². The van der Waals surface area contributed by atoms with Crippen molar-refractivity contribution in [3.05, 3.63) is 58.1 Å². The van der Waals surface area contributed by atoms with Gasteiger partial charge in [-0.1, -0.05) is 18.9 Å². The fourth-order valence-electron chi connectivity index (χ4n) is 5.07. The minimum absolute atomic E-state index is 0.0152. The summed E-state index contributed by atoms with van der Waals surface area (Å²) >= 11 is 0. The van der Waals surface area contributed by atoms with E-state index in [-0.39, 0.29) is 27.8 Å². The first-order valence-corrected chi connectivity index (χ1v) is 13.9. The summed E-state index contributed by atoms with van der Waals surface area (Å²) < 4.78 is 32.5. The Morgan fingerprint density at radius 2 is 1.72 bits per heavy atom. The van der Waals surface area contributed by atoms with Gasteiger partial charge in [0, 0.05) is 24.7 Å². The number of nitro benzene ring substituents is 1. The van der Waals surface area contributed by atoms with Gasteiger partial charge in [0.2, 0.25) is 9.84 Å². The fourth-order valence-corrected chi connectivity index (χ4v) is 6.51. The summed E-state index contributed by atoms with van der Waals surface area (Å²) in [7, 11) is -3.98. The summed E-state index contributed by atoms with van der Waals surface area (Å²) in [6.45, 7) is 7.22. The van der Waals surface area contributed by atoms with E-state index in [1.54, 1.807) is 12.1 Å². The molecule has 0 unspecified atom stereocenters. The molecule has 0 aliphatic carbocycles. The highest BCUT2D eigenvalue weighted by Gasteiger charge is 2.28. The molecule has 4 rings (SSSR count). The molecule has 36 heavy (non-hydrogen) atoms. The zero-order valence-electron chi connectivity index (χ0n) is 20.6. The largest absolute Gasteiger partial charge is 0.480 e. The maximum Gasteiger partial charge on any atom is 0.269 e. The Hall–Kier alpha value is -2.93. The quantitative estimate of drug-likeness (QED) is 0.299. The normalized spacial score (nSPS) is 18.6. The molecule has 2 aliphatic rings. The Labute approximate surface area is 213 Å². The van der Waals surface area contributed by atoms with Gasteiger partial charge in [0.1, 0.15) is 17.3 Å². The summed E-state index contributed by atoms with van der Waals surface area (Å²) in [6, 6.07) is 10.7. The van der Waals surface area contributed by atoms with Crippen LogP contribution in [0.2, 0.25) is 0 Å². The van der Waals surface area contributed by atoms with Gasteiger partial charge < -0.3 is 9.64 Å². The zero-order chi connectivity index (χ0) is 25.7. The number of nitrogens with zero attached hydrogens (tertiary/aromatic N) is 3. The Balaban J connectivity index is 1.49. The third-order valence-corrected chi connectivity index (χ3v) is 9.06. The first-order chi connectivity index (χ1) is 17.3. The van der Waals surface area contributed by atoms with Crippen LogP contribution in [0.15, 0.2) is 52.3 Å². The summed E-state index contributed by atoms with van der Waals surface area (Å²) in [5.41, 5.74) is 0.697. The van der Waals surface area contributed by atoms with Crippen LogP contribution in [0.5, 0.6) is 5.75 Å². The standard InChI is InChI=1S/C27H33N3O5S/c1-3-18-35-26-9-4-22(19-27(26)36(33,34)25-7-5-24(6-8-25)30(31)32)20-28-14-12-23(13-15-28)29-16-10-21(2)11-17-29/h1,4-9,19,21,23H,10-18,20H2,2H3. The first kappa shape index (κ1) is 26.1. The molecular formula is C27H33N3O5S. The summed E-state index contributed by atoms with van der Waals surface area (Å²) in [5.74, 6) is 3.36. The topological polar surface area (TPSA) is 93.0 Å². The van der Waals surface area contributed by atoms with Crippen molar-refractivity contribution in [1.82, 2.24) is 9.80 Å². The molecule has 2 saturated heterocycles. The van der Waals surface area contributed by atoms with E-state index in [9.17, 15) is 18.5 Å². The molecule has 8 nitrogen and oxygen atoms in total. The number of hydrogen-bond acceptors (Lipinski definition) is 7. The fraction of sp³-hybridized carbons (Fsp3) is 0.481. The maximum absolute atomic E-state index is 13.5. The van der Waals surface area contributed by atoms with Crippen LogP contribution in [0.25, 0.3) is 0 Å². The van der Waals surface area contributed by atoms with Crippen LogP contribution >= 0.6 is 0 Å². The lowest BCUT2D eigenvalue weighted by Crippen LogP contribution is -2.47. The van der Waals surface area contributed by atoms with Crippen LogP contribution in [0.1, 0.15) is 38.2 Å². The Kier molecular flexibility index (Phi) is 8.29. The number of sulfone groups is 1. The van der Waals surface area contributed by atoms with Gasteiger partial charge >= 0.3 is 0 Å². The molecule has 0 radical (unpaired) electrons. The van der Waals surface area contributed by atoms with E-state index >= 15 is 0 Å². The minimum atomic E-state index is -3.98. The van der Waals surface area contributed by atoms with Crippen molar-refractivity contribution < 1.29 is 18.1 Å². The van der Waals surface area contributed by atoms with E-state index in [2.05, 4.69) is 22.6 Å². The van der Waals surface area contributed by atoms with Gasteiger partial charge in [-0.25, -0.2) is 8.42 Å². The summed E-state index contributed by atoms with van der Waals surface area (Å²) in [6.07, 6.45) is 10.1. The predicted octanol–water partition coefficient (Wildman–Crippen LogP) is 4.14. The third kappa shape index (κ3) is 6.06. The second-order valence-electron chi connectivity index (χ2n) is 9.75. The molecule has 2 fully saturated rings. The highest BCUT2D eigenvalue weighted by molar-refractivity contribution is 7.91. The molecule has 0 aromatic heterocycles. The average Bonchev–Trinajstić information content (AvgIpc) is 2.89. The van der Waals surface area contributed by atoms with Crippen LogP contribution in [-0.4, -0.2) is 62.0 Å². The number of benzene rings is 2. The lowest BCUT2D eigenvalue weighted by Gasteiger charge is -2.41. The van der Waals surface area contributed by atoms with Crippen molar-refractivity contribution >= 4 is 15.5 Å². The Bertz CT molecular complexity index is 1210. The minimum Gasteiger partial charge on any atom is -0.480 e. The lowest BCUT2D eigenvalue weighted by atomic mass is 9.95. The van der Waals surface area contributed by atoms with E-state index < -0.39 is 14.8 Å². The van der Waals surface area contributed by atoms with Gasteiger partial charge in [0.25, 0.3) is 5.69 Å². The van der Waals surface area contributed by atoms with Crippen LogP contribution in [0.4, 0.5) is 5.69 Å². The maximum atomic E-state index is 13.5. The van der Waals surface area contributed by atoms with Crippen molar-refractivity contribution in [3.63, 3.8) is 0 Å². The van der Waals surface area contributed by atoms with Gasteiger partial charge in [0.15, 0.2) is 0 Å². The molecule has 0 saturated carbocycles. The summed E-state index contributed by atoms with van der Waals surface area (Å²) in [5, 5.41) is 11.0. The highest BCUT2D eigenvalue weighted by atomic mass is 32.2. The molecule has 192 valence electrons. The molecule has 0 N–H and O–H groups in total. The van der Waals surface area contributed by atoms with Crippen molar-refractivity contribution in [3.8, 4) is 18.1 Å². The lowest BCUT2D eigenvalue weighted by molar-refractivity contribution is -0.384. The van der Waals surface area contributed by atoms with Crippen molar-refractivity contribution in [2.45, 2.75) is 55.0 Å². The molecule has 0 amide bonds. The van der Waals surface area contributed by atoms with E-state index in [1.165, 1.54) is 50.2 Å². The number of non-ortho nitro benzene ring substituents is 1. The number of ether oxygens (including phenoxy) is 1. The van der Waals surface area contributed by atoms with E-state index in [0.29, 0.717) is 12.6 Å². The SMILES string of the molecule is C#CCOc1ccc(CN2CCC(N3CCC(C)CC3)CC2)cc1S(=O)(=O)c1ccc([N+](=O)[O-])cc1. The number of likely N-dealkylation sites (tertiary alicyclic amines) is 2.